The van der Waals surface area contributed by atoms with Crippen LogP contribution in [0.1, 0.15) is 39.0 Å². The number of carbonyl (C=O) groups excluding carboxylic acids is 1. The molecule has 1 aliphatic carbocycles. The van der Waals surface area contributed by atoms with E-state index in [2.05, 4.69) is 6.92 Å². The summed E-state index contributed by atoms with van der Waals surface area (Å²) in [6.07, 6.45) is 7.76. The molecular formula is C13H21NO2. The van der Waals surface area contributed by atoms with E-state index < -0.39 is 0 Å². The Bertz CT molecular complexity index is 294. The maximum atomic E-state index is 12.1. The van der Waals surface area contributed by atoms with Crippen molar-refractivity contribution in [1.82, 2.24) is 4.90 Å². The number of rotatable bonds is 3. The van der Waals surface area contributed by atoms with Gasteiger partial charge in [0.05, 0.1) is 6.61 Å². The lowest BCUT2D eigenvalue weighted by Crippen LogP contribution is -2.43. The zero-order valence-electron chi connectivity index (χ0n) is 10.2. The molecule has 2 aliphatic rings. The van der Waals surface area contributed by atoms with Crippen molar-refractivity contribution < 1.29 is 9.53 Å². The third kappa shape index (κ3) is 2.23. The molecule has 0 aromatic heterocycles. The minimum Gasteiger partial charge on any atom is -0.488 e. The van der Waals surface area contributed by atoms with Gasteiger partial charge >= 0.3 is 0 Å². The maximum absolute atomic E-state index is 12.1. The monoisotopic (exact) mass is 223 g/mol. The van der Waals surface area contributed by atoms with Crippen LogP contribution in [0, 0.1) is 5.92 Å². The summed E-state index contributed by atoms with van der Waals surface area (Å²) in [4.78, 5) is 14.0. The van der Waals surface area contributed by atoms with Crippen LogP contribution in [0.4, 0.5) is 0 Å². The van der Waals surface area contributed by atoms with Crippen LogP contribution in [-0.4, -0.2) is 30.5 Å². The maximum Gasteiger partial charge on any atom is 0.288 e. The van der Waals surface area contributed by atoms with Crippen LogP contribution in [0.2, 0.25) is 0 Å². The molecule has 90 valence electrons. The van der Waals surface area contributed by atoms with E-state index in [1.54, 1.807) is 0 Å². The molecule has 1 aliphatic heterocycles. The molecule has 1 atom stereocenters. The Hall–Kier alpha value is -0.990. The van der Waals surface area contributed by atoms with Crippen molar-refractivity contribution >= 4 is 5.91 Å². The lowest BCUT2D eigenvalue weighted by atomic mass is 9.80. The third-order valence-corrected chi connectivity index (χ3v) is 3.91. The molecule has 0 aromatic rings. The highest BCUT2D eigenvalue weighted by Crippen LogP contribution is 2.32. The van der Waals surface area contributed by atoms with Gasteiger partial charge in [0, 0.05) is 13.1 Å². The zero-order valence-corrected chi connectivity index (χ0v) is 10.2. The normalized spacial score (nSPS) is 22.8. The highest BCUT2D eigenvalue weighted by Gasteiger charge is 2.30. The van der Waals surface area contributed by atoms with Crippen LogP contribution in [0.3, 0.4) is 0 Å². The van der Waals surface area contributed by atoms with Crippen LogP contribution in [0.15, 0.2) is 11.8 Å². The zero-order chi connectivity index (χ0) is 11.5. The summed E-state index contributed by atoms with van der Waals surface area (Å²) in [6.45, 7) is 2.83. The van der Waals surface area contributed by atoms with E-state index in [0.29, 0.717) is 24.3 Å². The summed E-state index contributed by atoms with van der Waals surface area (Å²) in [7, 11) is 1.89. The Morgan fingerprint density at radius 3 is 2.75 bits per heavy atom. The van der Waals surface area contributed by atoms with Gasteiger partial charge in [-0.3, -0.25) is 4.79 Å². The molecule has 1 fully saturated rings. The molecule has 1 amide bonds. The van der Waals surface area contributed by atoms with E-state index in [1.807, 2.05) is 18.0 Å². The van der Waals surface area contributed by atoms with Gasteiger partial charge in [0.25, 0.3) is 5.91 Å². The smallest absolute Gasteiger partial charge is 0.288 e. The van der Waals surface area contributed by atoms with Crippen LogP contribution >= 0.6 is 0 Å². The number of amides is 1. The van der Waals surface area contributed by atoms with Gasteiger partial charge in [-0.2, -0.15) is 0 Å². The summed E-state index contributed by atoms with van der Waals surface area (Å²) >= 11 is 0. The second-order valence-electron chi connectivity index (χ2n) is 4.91. The fourth-order valence-corrected chi connectivity index (χ4v) is 2.30. The molecule has 0 bridgehead atoms. The number of carbonyl (C=O) groups is 1. The van der Waals surface area contributed by atoms with Gasteiger partial charge in [-0.25, -0.2) is 0 Å². The van der Waals surface area contributed by atoms with E-state index >= 15 is 0 Å². The first-order chi connectivity index (χ1) is 7.70. The second-order valence-corrected chi connectivity index (χ2v) is 4.91. The number of hydrogen-bond donors (Lipinski definition) is 0. The molecule has 1 unspecified atom stereocenters. The molecule has 0 spiro atoms. The fourth-order valence-electron chi connectivity index (χ4n) is 2.30. The Kier molecular flexibility index (Phi) is 3.52. The summed E-state index contributed by atoms with van der Waals surface area (Å²) in [5.41, 5.74) is 0. The van der Waals surface area contributed by atoms with Crippen molar-refractivity contribution in [3.05, 3.63) is 11.8 Å². The average Bonchev–Trinajstić information content (AvgIpc) is 2.26. The Balaban J connectivity index is 1.94. The average molecular weight is 223 g/mol. The number of nitrogens with zero attached hydrogens (tertiary/aromatic N) is 1. The SMILES string of the molecule is CC(C1CCC1)N(C)C(=O)C1=CCCCO1. The second kappa shape index (κ2) is 4.89. The van der Waals surface area contributed by atoms with Gasteiger partial charge in [-0.1, -0.05) is 6.42 Å². The lowest BCUT2D eigenvalue weighted by Gasteiger charge is -2.37. The first-order valence-electron chi connectivity index (χ1n) is 6.30. The molecule has 1 saturated carbocycles. The van der Waals surface area contributed by atoms with E-state index in [-0.39, 0.29) is 5.91 Å². The predicted molar refractivity (Wildman–Crippen MR) is 62.8 cm³/mol. The molecule has 0 N–H and O–H groups in total. The number of hydrogen-bond acceptors (Lipinski definition) is 2. The summed E-state index contributed by atoms with van der Waals surface area (Å²) < 4.78 is 5.41. The Labute approximate surface area is 97.5 Å². The Morgan fingerprint density at radius 2 is 2.25 bits per heavy atom. The molecule has 3 heteroatoms. The summed E-state index contributed by atoms with van der Waals surface area (Å²) in [6, 6.07) is 0.340. The number of likely N-dealkylation sites (N-methyl/N-ethyl adjacent to an activating group) is 1. The highest BCUT2D eigenvalue weighted by atomic mass is 16.5. The van der Waals surface area contributed by atoms with Crippen LogP contribution in [0.25, 0.3) is 0 Å². The van der Waals surface area contributed by atoms with Crippen LogP contribution in [-0.2, 0) is 9.53 Å². The first-order valence-corrected chi connectivity index (χ1v) is 6.30. The minimum absolute atomic E-state index is 0.0547. The third-order valence-electron chi connectivity index (χ3n) is 3.91. The summed E-state index contributed by atoms with van der Waals surface area (Å²) in [5.74, 6) is 1.30. The number of allylic oxidation sites excluding steroid dienone is 1. The fraction of sp³-hybridized carbons (Fsp3) is 0.769. The van der Waals surface area contributed by atoms with Crippen molar-refractivity contribution in [2.75, 3.05) is 13.7 Å². The minimum atomic E-state index is 0.0547. The van der Waals surface area contributed by atoms with Crippen LogP contribution < -0.4 is 0 Å². The first kappa shape index (κ1) is 11.5. The predicted octanol–water partition coefficient (Wildman–Crippen LogP) is 2.33. The van der Waals surface area contributed by atoms with Crippen molar-refractivity contribution in [2.24, 2.45) is 5.92 Å². The quantitative estimate of drug-likeness (QED) is 0.735. The molecule has 2 rings (SSSR count). The van der Waals surface area contributed by atoms with Gasteiger partial charge in [-0.15, -0.1) is 0 Å². The standard InChI is InChI=1S/C13H21NO2/c1-10(11-6-5-7-11)14(2)13(15)12-8-3-4-9-16-12/h8,10-11H,3-7,9H2,1-2H3. The number of ether oxygens (including phenoxy) is 1. The summed E-state index contributed by atoms with van der Waals surface area (Å²) in [5, 5.41) is 0. The van der Waals surface area contributed by atoms with Gasteiger partial charge in [-0.05, 0) is 44.6 Å². The molecule has 3 nitrogen and oxygen atoms in total. The molecular weight excluding hydrogens is 202 g/mol. The molecule has 1 heterocycles. The molecule has 16 heavy (non-hydrogen) atoms. The van der Waals surface area contributed by atoms with Crippen molar-refractivity contribution in [1.29, 1.82) is 0 Å². The molecule has 0 saturated heterocycles. The van der Waals surface area contributed by atoms with E-state index in [9.17, 15) is 4.79 Å². The van der Waals surface area contributed by atoms with Gasteiger partial charge in [0.2, 0.25) is 0 Å². The Morgan fingerprint density at radius 1 is 1.50 bits per heavy atom. The highest BCUT2D eigenvalue weighted by molar-refractivity contribution is 5.91. The van der Waals surface area contributed by atoms with Gasteiger partial charge in [0.1, 0.15) is 0 Å². The molecule has 0 aromatic carbocycles. The van der Waals surface area contributed by atoms with Gasteiger partial charge < -0.3 is 9.64 Å². The van der Waals surface area contributed by atoms with Gasteiger partial charge in [0.15, 0.2) is 5.76 Å². The van der Waals surface area contributed by atoms with Crippen LogP contribution in [0.5, 0.6) is 0 Å². The molecule has 0 radical (unpaired) electrons. The lowest BCUT2D eigenvalue weighted by molar-refractivity contribution is -0.133. The van der Waals surface area contributed by atoms with E-state index in [4.69, 9.17) is 4.74 Å². The van der Waals surface area contributed by atoms with Crippen molar-refractivity contribution in [3.63, 3.8) is 0 Å². The topological polar surface area (TPSA) is 29.5 Å². The van der Waals surface area contributed by atoms with Crippen molar-refractivity contribution in [2.45, 2.75) is 45.1 Å². The van der Waals surface area contributed by atoms with E-state index in [0.717, 1.165) is 12.8 Å². The largest absolute Gasteiger partial charge is 0.488 e. The van der Waals surface area contributed by atoms with Crippen molar-refractivity contribution in [3.8, 4) is 0 Å². The van der Waals surface area contributed by atoms with E-state index in [1.165, 1.54) is 19.3 Å².